The first-order chi connectivity index (χ1) is 13.2. The first-order valence-corrected chi connectivity index (χ1v) is 11.7. The molecule has 1 aliphatic rings. The van der Waals surface area contributed by atoms with Crippen molar-refractivity contribution in [3.63, 3.8) is 0 Å². The van der Waals surface area contributed by atoms with Crippen LogP contribution in [0.3, 0.4) is 0 Å². The summed E-state index contributed by atoms with van der Waals surface area (Å²) in [7, 11) is -2.91. The summed E-state index contributed by atoms with van der Waals surface area (Å²) in [5.41, 5.74) is 2.34. The number of nitrogens with zero attached hydrogens (tertiary/aromatic N) is 1. The SMILES string of the molecule is N#CSC1c2ccccc2CCC1P(=O)(c1ccccc1)c1ccccc1. The second kappa shape index (κ2) is 7.77. The molecule has 0 heterocycles. The maximum atomic E-state index is 14.7. The second-order valence-electron chi connectivity index (χ2n) is 6.76. The molecule has 4 heteroatoms. The zero-order chi connectivity index (χ0) is 18.7. The Kier molecular flexibility index (Phi) is 5.21. The molecule has 27 heavy (non-hydrogen) atoms. The molecule has 2 unspecified atom stereocenters. The molecule has 0 saturated heterocycles. The quantitative estimate of drug-likeness (QED) is 0.451. The van der Waals surface area contributed by atoms with Crippen LogP contribution < -0.4 is 10.6 Å². The second-order valence-corrected chi connectivity index (χ2v) is 10.7. The van der Waals surface area contributed by atoms with Gasteiger partial charge in [-0.3, -0.25) is 0 Å². The normalized spacial score (nSPS) is 19.1. The predicted molar refractivity (Wildman–Crippen MR) is 114 cm³/mol. The monoisotopic (exact) mass is 389 g/mol. The van der Waals surface area contributed by atoms with Crippen LogP contribution in [-0.2, 0) is 11.0 Å². The van der Waals surface area contributed by atoms with Crippen LogP contribution in [0.25, 0.3) is 0 Å². The maximum absolute atomic E-state index is 14.7. The summed E-state index contributed by atoms with van der Waals surface area (Å²) in [4.78, 5) is 0. The fraction of sp³-hybridized carbons (Fsp3) is 0.174. The Morgan fingerprint density at radius 1 is 0.852 bits per heavy atom. The number of nitriles is 1. The first kappa shape index (κ1) is 18.1. The average Bonchev–Trinajstić information content (AvgIpc) is 2.75. The van der Waals surface area contributed by atoms with E-state index in [0.717, 1.165) is 29.0 Å². The number of thiocyanates is 1. The molecule has 0 fully saturated rings. The lowest BCUT2D eigenvalue weighted by Crippen LogP contribution is -2.32. The Balaban J connectivity index is 1.91. The lowest BCUT2D eigenvalue weighted by Gasteiger charge is -2.37. The Labute approximate surface area is 164 Å². The Hall–Kier alpha value is -2.27. The largest absolute Gasteiger partial charge is 0.313 e. The van der Waals surface area contributed by atoms with E-state index in [1.54, 1.807) is 0 Å². The van der Waals surface area contributed by atoms with E-state index in [4.69, 9.17) is 0 Å². The van der Waals surface area contributed by atoms with Crippen molar-refractivity contribution in [2.75, 3.05) is 0 Å². The number of benzene rings is 3. The van der Waals surface area contributed by atoms with Gasteiger partial charge in [0, 0.05) is 16.3 Å². The van der Waals surface area contributed by atoms with Gasteiger partial charge in [0.25, 0.3) is 0 Å². The van der Waals surface area contributed by atoms with Crippen LogP contribution in [0.5, 0.6) is 0 Å². The molecular formula is C23H20NOPS. The highest BCUT2D eigenvalue weighted by atomic mass is 32.2. The summed E-state index contributed by atoms with van der Waals surface area (Å²) in [6, 6.07) is 27.9. The van der Waals surface area contributed by atoms with Crippen molar-refractivity contribution in [3.8, 4) is 5.40 Å². The summed E-state index contributed by atoms with van der Waals surface area (Å²) in [5, 5.41) is 13.4. The summed E-state index contributed by atoms with van der Waals surface area (Å²) in [6.07, 6.45) is 1.71. The zero-order valence-corrected chi connectivity index (χ0v) is 16.6. The van der Waals surface area contributed by atoms with Gasteiger partial charge in [-0.05, 0) is 35.7 Å². The maximum Gasteiger partial charge on any atom is 0.147 e. The number of aryl methyl sites for hydroxylation is 1. The predicted octanol–water partition coefficient (Wildman–Crippen LogP) is 5.27. The topological polar surface area (TPSA) is 40.9 Å². The van der Waals surface area contributed by atoms with E-state index in [2.05, 4.69) is 17.5 Å². The van der Waals surface area contributed by atoms with E-state index in [-0.39, 0.29) is 10.9 Å². The van der Waals surface area contributed by atoms with Crippen LogP contribution in [0.2, 0.25) is 0 Å². The third kappa shape index (κ3) is 3.25. The van der Waals surface area contributed by atoms with Gasteiger partial charge in [-0.1, -0.05) is 84.9 Å². The molecule has 2 nitrogen and oxygen atoms in total. The van der Waals surface area contributed by atoms with Crippen molar-refractivity contribution < 1.29 is 4.57 Å². The average molecular weight is 389 g/mol. The van der Waals surface area contributed by atoms with Crippen LogP contribution in [0.4, 0.5) is 0 Å². The van der Waals surface area contributed by atoms with Crippen LogP contribution in [0.15, 0.2) is 84.9 Å². The highest BCUT2D eigenvalue weighted by Crippen LogP contribution is 2.59. The van der Waals surface area contributed by atoms with Gasteiger partial charge in [-0.15, -0.1) is 0 Å². The highest BCUT2D eigenvalue weighted by molar-refractivity contribution is 8.04. The zero-order valence-electron chi connectivity index (χ0n) is 14.9. The van der Waals surface area contributed by atoms with Crippen LogP contribution in [0, 0.1) is 10.7 Å². The van der Waals surface area contributed by atoms with Crippen LogP contribution in [0.1, 0.15) is 22.8 Å². The van der Waals surface area contributed by atoms with Gasteiger partial charge in [0.2, 0.25) is 0 Å². The van der Waals surface area contributed by atoms with E-state index < -0.39 is 7.14 Å². The minimum atomic E-state index is -2.91. The molecular weight excluding hydrogens is 369 g/mol. The summed E-state index contributed by atoms with van der Waals surface area (Å²) in [6.45, 7) is 0. The highest BCUT2D eigenvalue weighted by Gasteiger charge is 2.44. The molecule has 0 bridgehead atoms. The van der Waals surface area contributed by atoms with Gasteiger partial charge in [0.15, 0.2) is 0 Å². The van der Waals surface area contributed by atoms with Crippen LogP contribution >= 0.6 is 18.9 Å². The van der Waals surface area contributed by atoms with Gasteiger partial charge in [0.1, 0.15) is 12.5 Å². The van der Waals surface area contributed by atoms with Crippen molar-refractivity contribution >= 4 is 29.5 Å². The van der Waals surface area contributed by atoms with E-state index in [9.17, 15) is 9.83 Å². The fourth-order valence-corrected chi connectivity index (χ4v) is 8.89. The Bertz CT molecular complexity index is 970. The molecule has 0 aromatic heterocycles. The van der Waals surface area contributed by atoms with Crippen molar-refractivity contribution in [2.45, 2.75) is 23.8 Å². The lowest BCUT2D eigenvalue weighted by atomic mass is 9.91. The van der Waals surface area contributed by atoms with Crippen molar-refractivity contribution in [1.29, 1.82) is 5.26 Å². The molecule has 0 spiro atoms. The van der Waals surface area contributed by atoms with E-state index in [1.807, 2.05) is 72.8 Å². The van der Waals surface area contributed by atoms with Gasteiger partial charge >= 0.3 is 0 Å². The molecule has 0 amide bonds. The third-order valence-electron chi connectivity index (χ3n) is 5.35. The van der Waals surface area contributed by atoms with E-state index in [1.165, 1.54) is 17.3 Å². The summed E-state index contributed by atoms with van der Waals surface area (Å²) in [5.74, 6) is 0. The minimum Gasteiger partial charge on any atom is -0.313 e. The van der Waals surface area contributed by atoms with Gasteiger partial charge < -0.3 is 4.57 Å². The molecule has 1 aliphatic carbocycles. The smallest absolute Gasteiger partial charge is 0.147 e. The first-order valence-electron chi connectivity index (χ1n) is 9.08. The van der Waals surface area contributed by atoms with Crippen LogP contribution in [-0.4, -0.2) is 5.66 Å². The fourth-order valence-electron chi connectivity index (χ4n) is 4.10. The summed E-state index contributed by atoms with van der Waals surface area (Å²) < 4.78 is 14.7. The molecule has 0 saturated carbocycles. The Morgan fingerprint density at radius 2 is 1.41 bits per heavy atom. The lowest BCUT2D eigenvalue weighted by molar-refractivity contribution is 0.562. The number of hydrogen-bond donors (Lipinski definition) is 0. The van der Waals surface area contributed by atoms with Crippen molar-refractivity contribution in [2.24, 2.45) is 0 Å². The van der Waals surface area contributed by atoms with E-state index >= 15 is 0 Å². The Morgan fingerprint density at radius 3 is 2.00 bits per heavy atom. The molecule has 0 radical (unpaired) electrons. The molecule has 4 rings (SSSR count). The number of hydrogen-bond acceptors (Lipinski definition) is 3. The number of rotatable bonds is 4. The standard InChI is InChI=1S/C23H20NOPS/c24-17-27-23-21-14-8-7-9-18(21)15-16-22(23)26(25,19-10-3-1-4-11-19)20-12-5-2-6-13-20/h1-14,22-23H,15-16H2. The van der Waals surface area contributed by atoms with Gasteiger partial charge in [0.05, 0.1) is 5.25 Å². The number of thioether (sulfide) groups is 1. The summed E-state index contributed by atoms with van der Waals surface area (Å²) >= 11 is 1.25. The molecule has 2 atom stereocenters. The molecule has 0 aliphatic heterocycles. The molecule has 0 N–H and O–H groups in total. The molecule has 3 aromatic carbocycles. The molecule has 3 aromatic rings. The van der Waals surface area contributed by atoms with Crippen molar-refractivity contribution in [1.82, 2.24) is 0 Å². The van der Waals surface area contributed by atoms with Gasteiger partial charge in [-0.2, -0.15) is 5.26 Å². The van der Waals surface area contributed by atoms with Crippen molar-refractivity contribution in [3.05, 3.63) is 96.1 Å². The third-order valence-corrected chi connectivity index (χ3v) is 10.1. The van der Waals surface area contributed by atoms with E-state index in [0.29, 0.717) is 0 Å². The molecule has 134 valence electrons. The minimum absolute atomic E-state index is 0.0915. The van der Waals surface area contributed by atoms with Gasteiger partial charge in [-0.25, -0.2) is 0 Å². The number of fused-ring (bicyclic) bond motifs is 1.